The molecule has 0 bridgehead atoms. The molecule has 0 amide bonds. The number of carbonyl (C=O) groups is 1. The Morgan fingerprint density at radius 3 is 2.22 bits per heavy atom. The van der Waals surface area contributed by atoms with Gasteiger partial charge in [-0.25, -0.2) is 17.6 Å². The zero-order valence-electron chi connectivity index (χ0n) is 9.64. The van der Waals surface area contributed by atoms with Crippen LogP contribution in [0.1, 0.15) is 13.3 Å². The van der Waals surface area contributed by atoms with Crippen molar-refractivity contribution in [3.63, 3.8) is 0 Å². The van der Waals surface area contributed by atoms with Crippen molar-refractivity contribution in [3.05, 3.63) is 29.3 Å². The third-order valence-corrected chi connectivity index (χ3v) is 3.08. The Kier molecular flexibility index (Phi) is 3.28. The van der Waals surface area contributed by atoms with Crippen molar-refractivity contribution in [1.82, 2.24) is 0 Å². The lowest BCUT2D eigenvalue weighted by molar-refractivity contribution is -0.122. The molecule has 1 fully saturated rings. The van der Waals surface area contributed by atoms with Gasteiger partial charge in [0.05, 0.1) is 0 Å². The van der Waals surface area contributed by atoms with Crippen LogP contribution in [0.15, 0.2) is 6.07 Å². The van der Waals surface area contributed by atoms with Crippen LogP contribution in [-0.2, 0) is 4.79 Å². The number of nitrogens with zero attached hydrogens (tertiary/aromatic N) is 1. The van der Waals surface area contributed by atoms with Crippen molar-refractivity contribution in [2.45, 2.75) is 13.3 Å². The lowest BCUT2D eigenvalue weighted by Crippen LogP contribution is -2.40. The number of Topliss-reactive ketones (excluding diaryl/α,β-unsaturated/α-hetero) is 1. The number of hydrogen-bond donors (Lipinski definition) is 0. The summed E-state index contributed by atoms with van der Waals surface area (Å²) >= 11 is 0. The maximum Gasteiger partial charge on any atom is 0.185 e. The average Bonchev–Trinajstić information content (AvgIpc) is 2.31. The van der Waals surface area contributed by atoms with E-state index in [1.54, 1.807) is 6.92 Å². The van der Waals surface area contributed by atoms with Crippen molar-refractivity contribution in [2.24, 2.45) is 5.92 Å². The van der Waals surface area contributed by atoms with E-state index in [-0.39, 0.29) is 31.4 Å². The van der Waals surface area contributed by atoms with Crippen LogP contribution in [0.25, 0.3) is 0 Å². The van der Waals surface area contributed by atoms with Crippen LogP contribution in [0.2, 0.25) is 0 Å². The first-order valence-electron chi connectivity index (χ1n) is 5.52. The van der Waals surface area contributed by atoms with Gasteiger partial charge in [0.15, 0.2) is 23.3 Å². The lowest BCUT2D eigenvalue weighted by Gasteiger charge is -2.32. The van der Waals surface area contributed by atoms with Gasteiger partial charge in [-0.15, -0.1) is 0 Å². The fourth-order valence-corrected chi connectivity index (χ4v) is 2.06. The van der Waals surface area contributed by atoms with E-state index in [0.717, 1.165) is 0 Å². The Balaban J connectivity index is 2.42. The molecule has 1 atom stereocenters. The molecule has 98 valence electrons. The van der Waals surface area contributed by atoms with Gasteiger partial charge < -0.3 is 4.90 Å². The molecule has 6 heteroatoms. The number of piperidine rings is 1. The SMILES string of the molecule is CC1CN(c2c(F)c(F)cc(F)c2F)CCC1=O. The van der Waals surface area contributed by atoms with E-state index in [1.165, 1.54) is 4.90 Å². The number of rotatable bonds is 1. The molecule has 18 heavy (non-hydrogen) atoms. The molecule has 0 spiro atoms. The minimum Gasteiger partial charge on any atom is -0.365 e. The first kappa shape index (κ1) is 12.9. The van der Waals surface area contributed by atoms with E-state index >= 15 is 0 Å². The summed E-state index contributed by atoms with van der Waals surface area (Å²) in [5.41, 5.74) is -0.730. The molecule has 2 nitrogen and oxygen atoms in total. The van der Waals surface area contributed by atoms with Crippen LogP contribution in [0.5, 0.6) is 0 Å². The Labute approximate surface area is 101 Å². The largest absolute Gasteiger partial charge is 0.365 e. The van der Waals surface area contributed by atoms with E-state index in [1.807, 2.05) is 0 Å². The van der Waals surface area contributed by atoms with Gasteiger partial charge in [0.2, 0.25) is 0 Å². The van der Waals surface area contributed by atoms with Crippen molar-refractivity contribution < 1.29 is 22.4 Å². The molecule has 1 aromatic rings. The highest BCUT2D eigenvalue weighted by Gasteiger charge is 2.29. The van der Waals surface area contributed by atoms with Gasteiger partial charge >= 0.3 is 0 Å². The summed E-state index contributed by atoms with van der Waals surface area (Å²) in [5.74, 6) is -6.15. The molecular formula is C12H11F4NO. The molecule has 1 aliphatic heterocycles. The first-order valence-corrected chi connectivity index (χ1v) is 5.52. The van der Waals surface area contributed by atoms with Crippen molar-refractivity contribution in [3.8, 4) is 0 Å². The monoisotopic (exact) mass is 261 g/mol. The van der Waals surface area contributed by atoms with E-state index in [0.29, 0.717) is 0 Å². The Morgan fingerprint density at radius 1 is 1.17 bits per heavy atom. The molecule has 0 radical (unpaired) electrons. The van der Waals surface area contributed by atoms with Gasteiger partial charge in [0.1, 0.15) is 11.5 Å². The summed E-state index contributed by atoms with van der Waals surface area (Å²) in [5, 5.41) is 0. The molecule has 1 aliphatic rings. The van der Waals surface area contributed by atoms with Gasteiger partial charge in [0, 0.05) is 31.5 Å². The van der Waals surface area contributed by atoms with Crippen LogP contribution >= 0.6 is 0 Å². The quantitative estimate of drug-likeness (QED) is 0.572. The molecule has 1 aromatic carbocycles. The second kappa shape index (κ2) is 4.59. The predicted molar refractivity (Wildman–Crippen MR) is 57.3 cm³/mol. The topological polar surface area (TPSA) is 20.3 Å². The fraction of sp³-hybridized carbons (Fsp3) is 0.417. The lowest BCUT2D eigenvalue weighted by atomic mass is 9.98. The number of anilines is 1. The second-order valence-corrected chi connectivity index (χ2v) is 4.38. The van der Waals surface area contributed by atoms with Crippen LogP contribution in [0, 0.1) is 29.2 Å². The Hall–Kier alpha value is -1.59. The third kappa shape index (κ3) is 2.07. The fourth-order valence-electron chi connectivity index (χ4n) is 2.06. The van der Waals surface area contributed by atoms with Gasteiger partial charge in [-0.3, -0.25) is 4.79 Å². The molecule has 0 aliphatic carbocycles. The highest BCUT2D eigenvalue weighted by Crippen LogP contribution is 2.30. The first-order chi connectivity index (χ1) is 8.41. The summed E-state index contributed by atoms with van der Waals surface area (Å²) in [6.07, 6.45) is 0.109. The number of benzene rings is 1. The molecular weight excluding hydrogens is 250 g/mol. The number of hydrogen-bond acceptors (Lipinski definition) is 2. The normalized spacial score (nSPS) is 20.4. The van der Waals surface area contributed by atoms with Gasteiger partial charge in [-0.2, -0.15) is 0 Å². The smallest absolute Gasteiger partial charge is 0.185 e. The molecule has 0 saturated carbocycles. The van der Waals surface area contributed by atoms with E-state index in [4.69, 9.17) is 0 Å². The maximum atomic E-state index is 13.5. The zero-order valence-corrected chi connectivity index (χ0v) is 9.64. The second-order valence-electron chi connectivity index (χ2n) is 4.38. The van der Waals surface area contributed by atoms with E-state index in [2.05, 4.69) is 0 Å². The summed E-state index contributed by atoms with van der Waals surface area (Å²) in [7, 11) is 0. The third-order valence-electron chi connectivity index (χ3n) is 3.08. The van der Waals surface area contributed by atoms with Crippen molar-refractivity contribution in [1.29, 1.82) is 0 Å². The van der Waals surface area contributed by atoms with Crippen LogP contribution in [0.4, 0.5) is 23.2 Å². The minimum atomic E-state index is -1.44. The highest BCUT2D eigenvalue weighted by atomic mass is 19.2. The molecule has 0 N–H and O–H groups in total. The minimum absolute atomic E-state index is 0.0241. The van der Waals surface area contributed by atoms with E-state index < -0.39 is 34.9 Å². The number of ketones is 1. The number of carbonyl (C=O) groups excluding carboxylic acids is 1. The standard InChI is InChI=1S/C12H11F4NO/c1-6-5-17(3-2-9(6)18)12-10(15)7(13)4-8(14)11(12)16/h4,6H,2-3,5H2,1H3. The summed E-state index contributed by atoms with van der Waals surface area (Å²) in [6, 6.07) is 0.173. The summed E-state index contributed by atoms with van der Waals surface area (Å²) in [6.45, 7) is 1.72. The Morgan fingerprint density at radius 2 is 1.72 bits per heavy atom. The van der Waals surface area contributed by atoms with Crippen molar-refractivity contribution >= 4 is 11.5 Å². The molecule has 1 saturated heterocycles. The zero-order chi connectivity index (χ0) is 13.4. The van der Waals surface area contributed by atoms with Gasteiger partial charge in [-0.05, 0) is 0 Å². The van der Waals surface area contributed by atoms with Crippen LogP contribution < -0.4 is 4.90 Å². The van der Waals surface area contributed by atoms with Gasteiger partial charge in [0.25, 0.3) is 0 Å². The maximum absolute atomic E-state index is 13.5. The van der Waals surface area contributed by atoms with Crippen LogP contribution in [0.3, 0.4) is 0 Å². The molecule has 2 rings (SSSR count). The summed E-state index contributed by atoms with van der Waals surface area (Å²) in [4.78, 5) is 12.5. The van der Waals surface area contributed by atoms with E-state index in [9.17, 15) is 22.4 Å². The Bertz CT molecular complexity index is 477. The summed E-state index contributed by atoms with van der Waals surface area (Å²) < 4.78 is 53.2. The van der Waals surface area contributed by atoms with Crippen molar-refractivity contribution in [2.75, 3.05) is 18.0 Å². The van der Waals surface area contributed by atoms with Gasteiger partial charge in [-0.1, -0.05) is 6.92 Å². The van der Waals surface area contributed by atoms with Crippen LogP contribution in [-0.4, -0.2) is 18.9 Å². The average molecular weight is 261 g/mol. The number of halogens is 4. The molecule has 1 heterocycles. The predicted octanol–water partition coefficient (Wildman–Crippen LogP) is 2.66. The highest BCUT2D eigenvalue weighted by molar-refractivity contribution is 5.83. The molecule has 0 aromatic heterocycles. The molecule has 1 unspecified atom stereocenters.